The Hall–Kier alpha value is -2.07. The number of nitrogens with two attached hydrogens (primary N) is 1. The first kappa shape index (κ1) is 15.3. The van der Waals surface area contributed by atoms with Crippen molar-refractivity contribution in [3.63, 3.8) is 0 Å². The number of hydrogen-bond acceptors (Lipinski definition) is 2. The van der Waals surface area contributed by atoms with Crippen molar-refractivity contribution in [3.05, 3.63) is 63.9 Å². The highest BCUT2D eigenvalue weighted by atomic mass is 35.5. The molecule has 0 unspecified atom stereocenters. The Morgan fingerprint density at radius 2 is 2.10 bits per heavy atom. The summed E-state index contributed by atoms with van der Waals surface area (Å²) in [7, 11) is 0. The molecule has 1 amide bonds. The number of rotatable bonds is 4. The van der Waals surface area contributed by atoms with Gasteiger partial charge in [0.25, 0.3) is 5.91 Å². The molecule has 0 saturated heterocycles. The fourth-order valence-corrected chi connectivity index (χ4v) is 2.39. The molecule has 0 bridgehead atoms. The molecule has 0 aromatic heterocycles. The molecule has 2 aromatic carbocycles. The zero-order chi connectivity index (χ0) is 15.4. The molecular formula is C16H16ClFN2O. The third-order valence-electron chi connectivity index (χ3n) is 3.26. The van der Waals surface area contributed by atoms with Gasteiger partial charge in [0.05, 0.1) is 10.6 Å². The van der Waals surface area contributed by atoms with Gasteiger partial charge in [0.15, 0.2) is 0 Å². The largest absolute Gasteiger partial charge is 0.398 e. The lowest BCUT2D eigenvalue weighted by Crippen LogP contribution is -2.27. The number of nitrogen functional groups attached to an aromatic ring is 1. The summed E-state index contributed by atoms with van der Waals surface area (Å²) in [5.74, 6) is -0.568. The Morgan fingerprint density at radius 1 is 1.33 bits per heavy atom. The van der Waals surface area contributed by atoms with E-state index in [1.54, 1.807) is 24.3 Å². The highest BCUT2D eigenvalue weighted by molar-refractivity contribution is 6.34. The molecule has 3 N–H and O–H groups in total. The zero-order valence-corrected chi connectivity index (χ0v) is 12.4. The first-order valence-electron chi connectivity index (χ1n) is 6.56. The van der Waals surface area contributed by atoms with Gasteiger partial charge in [-0.1, -0.05) is 23.7 Å². The van der Waals surface area contributed by atoms with Crippen molar-refractivity contribution in [2.75, 3.05) is 12.3 Å². The van der Waals surface area contributed by atoms with E-state index in [-0.39, 0.29) is 17.3 Å². The van der Waals surface area contributed by atoms with Crippen molar-refractivity contribution < 1.29 is 9.18 Å². The molecule has 0 radical (unpaired) electrons. The normalized spacial score (nSPS) is 10.4. The molecule has 0 spiro atoms. The molecule has 110 valence electrons. The van der Waals surface area contributed by atoms with E-state index in [1.165, 1.54) is 12.1 Å². The molecule has 5 heteroatoms. The van der Waals surface area contributed by atoms with E-state index < -0.39 is 0 Å². The number of hydrogen-bond donors (Lipinski definition) is 2. The summed E-state index contributed by atoms with van der Waals surface area (Å²) in [6, 6.07) is 9.55. The fraction of sp³-hybridized carbons (Fsp3) is 0.188. The van der Waals surface area contributed by atoms with E-state index in [2.05, 4.69) is 5.32 Å². The first-order chi connectivity index (χ1) is 9.99. The van der Waals surface area contributed by atoms with E-state index in [1.807, 2.05) is 6.92 Å². The van der Waals surface area contributed by atoms with Crippen LogP contribution in [-0.2, 0) is 6.42 Å². The van der Waals surface area contributed by atoms with Crippen LogP contribution in [0.15, 0.2) is 36.4 Å². The minimum Gasteiger partial charge on any atom is -0.398 e. The van der Waals surface area contributed by atoms with Gasteiger partial charge in [0.1, 0.15) is 5.82 Å². The standard InChI is InChI=1S/C16H16ClFN2O/c1-10-9-12(18)6-5-11(10)7-8-20-16(21)15-13(17)3-2-4-14(15)19/h2-6,9H,7-8,19H2,1H3,(H,20,21). The maximum Gasteiger partial charge on any atom is 0.254 e. The number of anilines is 1. The minimum absolute atomic E-state index is 0.260. The highest BCUT2D eigenvalue weighted by Gasteiger charge is 2.13. The van der Waals surface area contributed by atoms with Gasteiger partial charge in [-0.15, -0.1) is 0 Å². The molecule has 2 aromatic rings. The second-order valence-electron chi connectivity index (χ2n) is 4.78. The van der Waals surface area contributed by atoms with E-state index in [4.69, 9.17) is 17.3 Å². The lowest BCUT2D eigenvalue weighted by atomic mass is 10.1. The van der Waals surface area contributed by atoms with Gasteiger partial charge in [-0.05, 0) is 48.7 Å². The van der Waals surface area contributed by atoms with Crippen molar-refractivity contribution in [1.82, 2.24) is 5.32 Å². The number of aryl methyl sites for hydroxylation is 1. The smallest absolute Gasteiger partial charge is 0.254 e. The number of amides is 1. The van der Waals surface area contributed by atoms with Crippen LogP contribution in [0.3, 0.4) is 0 Å². The maximum absolute atomic E-state index is 13.0. The van der Waals surface area contributed by atoms with Crippen LogP contribution in [-0.4, -0.2) is 12.5 Å². The highest BCUT2D eigenvalue weighted by Crippen LogP contribution is 2.21. The van der Waals surface area contributed by atoms with Gasteiger partial charge in [0.2, 0.25) is 0 Å². The molecule has 21 heavy (non-hydrogen) atoms. The van der Waals surface area contributed by atoms with E-state index in [9.17, 15) is 9.18 Å². The molecule has 0 fully saturated rings. The molecule has 2 rings (SSSR count). The Bertz CT molecular complexity index is 653. The summed E-state index contributed by atoms with van der Waals surface area (Å²) in [6.07, 6.45) is 0.613. The number of benzene rings is 2. The average Bonchev–Trinajstić information content (AvgIpc) is 2.41. The van der Waals surface area contributed by atoms with Crippen LogP contribution in [0.5, 0.6) is 0 Å². The molecule has 0 atom stereocenters. The molecule has 0 aliphatic heterocycles. The Labute approximate surface area is 127 Å². The Morgan fingerprint density at radius 3 is 2.76 bits per heavy atom. The maximum atomic E-state index is 13.0. The van der Waals surface area contributed by atoms with Crippen molar-refractivity contribution in [2.24, 2.45) is 0 Å². The van der Waals surface area contributed by atoms with Crippen LogP contribution in [0.4, 0.5) is 10.1 Å². The molecular weight excluding hydrogens is 291 g/mol. The monoisotopic (exact) mass is 306 g/mol. The van der Waals surface area contributed by atoms with Crippen molar-refractivity contribution >= 4 is 23.2 Å². The third kappa shape index (κ3) is 3.73. The van der Waals surface area contributed by atoms with Gasteiger partial charge in [-0.2, -0.15) is 0 Å². The van der Waals surface area contributed by atoms with Crippen LogP contribution in [0.25, 0.3) is 0 Å². The Kier molecular flexibility index (Phi) is 4.81. The van der Waals surface area contributed by atoms with Crippen LogP contribution in [0.2, 0.25) is 5.02 Å². The molecule has 3 nitrogen and oxygen atoms in total. The minimum atomic E-state index is -0.308. The van der Waals surface area contributed by atoms with Gasteiger partial charge in [-0.3, -0.25) is 4.79 Å². The van der Waals surface area contributed by atoms with Crippen molar-refractivity contribution in [2.45, 2.75) is 13.3 Å². The predicted molar refractivity (Wildman–Crippen MR) is 83.0 cm³/mol. The van der Waals surface area contributed by atoms with Crippen molar-refractivity contribution in [3.8, 4) is 0 Å². The zero-order valence-electron chi connectivity index (χ0n) is 11.6. The van der Waals surface area contributed by atoms with Gasteiger partial charge in [-0.25, -0.2) is 4.39 Å². The lowest BCUT2D eigenvalue weighted by Gasteiger charge is -2.10. The summed E-state index contributed by atoms with van der Waals surface area (Å²) in [6.45, 7) is 2.27. The van der Waals surface area contributed by atoms with Gasteiger partial charge >= 0.3 is 0 Å². The average molecular weight is 307 g/mol. The topological polar surface area (TPSA) is 55.1 Å². The molecule has 0 aliphatic rings. The van der Waals surface area contributed by atoms with Gasteiger partial charge < -0.3 is 11.1 Å². The molecule has 0 heterocycles. The molecule has 0 saturated carbocycles. The summed E-state index contributed by atoms with van der Waals surface area (Å²) in [5, 5.41) is 3.10. The second kappa shape index (κ2) is 6.59. The van der Waals surface area contributed by atoms with E-state index >= 15 is 0 Å². The van der Waals surface area contributed by atoms with E-state index in [0.717, 1.165) is 11.1 Å². The second-order valence-corrected chi connectivity index (χ2v) is 5.19. The Balaban J connectivity index is 1.99. The van der Waals surface area contributed by atoms with Gasteiger partial charge in [0, 0.05) is 12.2 Å². The summed E-state index contributed by atoms with van der Waals surface area (Å²) >= 11 is 5.98. The predicted octanol–water partition coefficient (Wildman–Crippen LogP) is 3.34. The summed E-state index contributed by atoms with van der Waals surface area (Å²) < 4.78 is 13.0. The number of carbonyl (C=O) groups is 1. The van der Waals surface area contributed by atoms with Crippen LogP contribution >= 0.6 is 11.6 Å². The summed E-state index contributed by atoms with van der Waals surface area (Å²) in [4.78, 5) is 12.1. The molecule has 0 aliphatic carbocycles. The number of halogens is 2. The summed E-state index contributed by atoms with van der Waals surface area (Å²) in [5.41, 5.74) is 8.24. The van der Waals surface area contributed by atoms with Crippen LogP contribution in [0.1, 0.15) is 21.5 Å². The SMILES string of the molecule is Cc1cc(F)ccc1CCNC(=O)c1c(N)cccc1Cl. The number of carbonyl (C=O) groups excluding carboxylic acids is 1. The lowest BCUT2D eigenvalue weighted by molar-refractivity contribution is 0.0955. The quantitative estimate of drug-likeness (QED) is 0.851. The van der Waals surface area contributed by atoms with Crippen LogP contribution in [0, 0.1) is 12.7 Å². The van der Waals surface area contributed by atoms with E-state index in [0.29, 0.717) is 23.7 Å². The van der Waals surface area contributed by atoms with Crippen LogP contribution < -0.4 is 11.1 Å². The third-order valence-corrected chi connectivity index (χ3v) is 3.57. The number of nitrogens with one attached hydrogen (secondary N) is 1. The fourth-order valence-electron chi connectivity index (χ4n) is 2.12. The first-order valence-corrected chi connectivity index (χ1v) is 6.94. The van der Waals surface area contributed by atoms with Crippen molar-refractivity contribution in [1.29, 1.82) is 0 Å².